The fourth-order valence-electron chi connectivity index (χ4n) is 0.518. The van der Waals surface area contributed by atoms with Crippen molar-refractivity contribution in [2.75, 3.05) is 13.2 Å². The lowest BCUT2D eigenvalue weighted by Gasteiger charge is -2.11. The molecule has 60 valence electrons. The minimum absolute atomic E-state index is 0.0707. The Hall–Kier alpha value is -0.480. The Morgan fingerprint density at radius 2 is 2.20 bits per heavy atom. The zero-order chi connectivity index (χ0) is 7.98. The fraction of sp³-hybridized carbons (Fsp3) is 1.00. The number of hydrogen-bond donors (Lipinski definition) is 1. The lowest BCUT2D eigenvalue weighted by atomic mass is 10.2. The third-order valence-corrected chi connectivity index (χ3v) is 1.05. The summed E-state index contributed by atoms with van der Waals surface area (Å²) >= 11 is 0. The fourth-order valence-corrected chi connectivity index (χ4v) is 0.518. The zero-order valence-electron chi connectivity index (χ0n) is 6.28. The Balaban J connectivity index is 3.50. The van der Waals surface area contributed by atoms with Crippen LogP contribution in [0.15, 0.2) is 5.18 Å². The highest BCUT2D eigenvalue weighted by molar-refractivity contribution is 4.57. The van der Waals surface area contributed by atoms with E-state index in [0.29, 0.717) is 0 Å². The molecule has 4 nitrogen and oxygen atoms in total. The van der Waals surface area contributed by atoms with Crippen LogP contribution < -0.4 is 0 Å². The first-order chi connectivity index (χ1) is 4.72. The van der Waals surface area contributed by atoms with Gasteiger partial charge in [-0.25, -0.2) is 0 Å². The number of rotatable bonds is 5. The minimum Gasteiger partial charge on any atom is -0.394 e. The Bertz CT molecular complexity index is 95.0. The predicted octanol–water partition coefficient (Wildman–Crippen LogP) is 0.744. The van der Waals surface area contributed by atoms with Crippen LogP contribution >= 0.6 is 0 Å². The van der Waals surface area contributed by atoms with E-state index >= 15 is 0 Å². The Morgan fingerprint density at radius 1 is 1.60 bits per heavy atom. The first-order valence-electron chi connectivity index (χ1n) is 3.27. The molecule has 0 aliphatic carbocycles. The normalized spacial score (nSPS) is 13.6. The van der Waals surface area contributed by atoms with E-state index in [1.807, 2.05) is 13.8 Å². The summed E-state index contributed by atoms with van der Waals surface area (Å²) in [5.74, 6) is 0.0732. The maximum Gasteiger partial charge on any atom is 0.191 e. The van der Waals surface area contributed by atoms with Crippen LogP contribution in [0.1, 0.15) is 13.8 Å². The molecule has 0 aromatic rings. The van der Waals surface area contributed by atoms with Crippen molar-refractivity contribution < 1.29 is 9.84 Å². The second kappa shape index (κ2) is 5.32. The minimum atomic E-state index is -0.618. The van der Waals surface area contributed by atoms with Crippen molar-refractivity contribution in [3.05, 3.63) is 4.91 Å². The summed E-state index contributed by atoms with van der Waals surface area (Å²) in [6.45, 7) is 3.78. The molecule has 4 heteroatoms. The second-order valence-corrected chi connectivity index (χ2v) is 2.33. The van der Waals surface area contributed by atoms with Crippen LogP contribution in [0.2, 0.25) is 0 Å². The summed E-state index contributed by atoms with van der Waals surface area (Å²) < 4.78 is 4.87. The number of ether oxygens (including phenoxy) is 1. The molecule has 0 heterocycles. The van der Waals surface area contributed by atoms with Crippen LogP contribution in [-0.2, 0) is 4.74 Å². The molecule has 0 aromatic heterocycles. The van der Waals surface area contributed by atoms with Gasteiger partial charge in [0.15, 0.2) is 6.23 Å². The van der Waals surface area contributed by atoms with Crippen LogP contribution in [0, 0.1) is 10.8 Å². The average Bonchev–Trinajstić information content (AvgIpc) is 1.89. The van der Waals surface area contributed by atoms with Crippen molar-refractivity contribution in [2.24, 2.45) is 11.1 Å². The molecule has 0 fully saturated rings. The quantitative estimate of drug-likeness (QED) is 0.583. The third-order valence-electron chi connectivity index (χ3n) is 1.05. The third kappa shape index (κ3) is 3.53. The highest BCUT2D eigenvalue weighted by Crippen LogP contribution is 2.06. The van der Waals surface area contributed by atoms with Gasteiger partial charge < -0.3 is 9.84 Å². The maximum atomic E-state index is 10.00. The molecule has 0 amide bonds. The lowest BCUT2D eigenvalue weighted by molar-refractivity contribution is 0.00773. The van der Waals surface area contributed by atoms with Crippen LogP contribution in [0.4, 0.5) is 0 Å². The summed E-state index contributed by atoms with van der Waals surface area (Å²) in [7, 11) is 0. The van der Waals surface area contributed by atoms with Crippen molar-refractivity contribution in [3.8, 4) is 0 Å². The summed E-state index contributed by atoms with van der Waals surface area (Å²) in [4.78, 5) is 10.00. The van der Waals surface area contributed by atoms with Gasteiger partial charge in [-0.1, -0.05) is 13.8 Å². The molecular weight excluding hydrogens is 134 g/mol. The first kappa shape index (κ1) is 9.52. The molecule has 1 atom stereocenters. The summed E-state index contributed by atoms with van der Waals surface area (Å²) in [6, 6.07) is 0. The van der Waals surface area contributed by atoms with Crippen molar-refractivity contribution in [3.63, 3.8) is 0 Å². The van der Waals surface area contributed by atoms with E-state index in [2.05, 4.69) is 5.18 Å². The van der Waals surface area contributed by atoms with Gasteiger partial charge in [0.05, 0.1) is 13.2 Å². The van der Waals surface area contributed by atoms with Crippen LogP contribution in [0.3, 0.4) is 0 Å². The molecule has 0 spiro atoms. The summed E-state index contributed by atoms with van der Waals surface area (Å²) in [5.41, 5.74) is 0. The van der Waals surface area contributed by atoms with Crippen molar-refractivity contribution in [2.45, 2.75) is 20.1 Å². The molecule has 0 aliphatic heterocycles. The molecular formula is C6H13NO3. The van der Waals surface area contributed by atoms with E-state index in [-0.39, 0.29) is 19.1 Å². The standard InChI is InChI=1S/C6H13NO3/c1-5(2)6(7-9)10-4-3-8/h5-6,8H,3-4H2,1-2H3. The lowest BCUT2D eigenvalue weighted by Crippen LogP contribution is -2.18. The van der Waals surface area contributed by atoms with Gasteiger partial charge in [-0.05, 0) is 5.18 Å². The topological polar surface area (TPSA) is 58.9 Å². The number of aliphatic hydroxyl groups is 1. The van der Waals surface area contributed by atoms with E-state index in [1.54, 1.807) is 0 Å². The molecule has 0 aliphatic rings. The van der Waals surface area contributed by atoms with Crippen LogP contribution in [0.5, 0.6) is 0 Å². The number of aliphatic hydroxyl groups excluding tert-OH is 1. The summed E-state index contributed by atoms with van der Waals surface area (Å²) in [5, 5.41) is 11.1. The second-order valence-electron chi connectivity index (χ2n) is 2.33. The van der Waals surface area contributed by atoms with E-state index in [0.717, 1.165) is 0 Å². The SMILES string of the molecule is CC(C)C(N=O)OCCO. The summed E-state index contributed by atoms with van der Waals surface area (Å²) in [6.07, 6.45) is -0.618. The van der Waals surface area contributed by atoms with Crippen molar-refractivity contribution in [1.29, 1.82) is 0 Å². The molecule has 1 N–H and O–H groups in total. The van der Waals surface area contributed by atoms with E-state index in [1.165, 1.54) is 0 Å². The molecule has 0 saturated carbocycles. The maximum absolute atomic E-state index is 10.00. The number of nitrogens with zero attached hydrogens (tertiary/aromatic N) is 1. The Morgan fingerprint density at radius 3 is 2.50 bits per heavy atom. The van der Waals surface area contributed by atoms with E-state index in [4.69, 9.17) is 9.84 Å². The molecule has 0 rings (SSSR count). The monoisotopic (exact) mass is 147 g/mol. The van der Waals surface area contributed by atoms with Gasteiger partial charge in [-0.3, -0.25) is 0 Å². The largest absolute Gasteiger partial charge is 0.394 e. The zero-order valence-corrected chi connectivity index (χ0v) is 6.28. The van der Waals surface area contributed by atoms with Gasteiger partial charge in [-0.2, -0.15) is 0 Å². The predicted molar refractivity (Wildman–Crippen MR) is 37.5 cm³/mol. The van der Waals surface area contributed by atoms with E-state index < -0.39 is 6.23 Å². The first-order valence-corrected chi connectivity index (χ1v) is 3.27. The highest BCUT2D eigenvalue weighted by atomic mass is 16.5. The average molecular weight is 147 g/mol. The smallest absolute Gasteiger partial charge is 0.191 e. The molecule has 0 bridgehead atoms. The van der Waals surface area contributed by atoms with Gasteiger partial charge in [-0.15, -0.1) is 4.91 Å². The Kier molecular flexibility index (Phi) is 5.06. The van der Waals surface area contributed by atoms with Gasteiger partial charge >= 0.3 is 0 Å². The van der Waals surface area contributed by atoms with Crippen molar-refractivity contribution >= 4 is 0 Å². The van der Waals surface area contributed by atoms with Gasteiger partial charge in [0, 0.05) is 5.92 Å². The molecule has 0 radical (unpaired) electrons. The number of nitroso groups, excluding NO2 is 1. The van der Waals surface area contributed by atoms with Crippen LogP contribution in [-0.4, -0.2) is 24.5 Å². The highest BCUT2D eigenvalue weighted by Gasteiger charge is 2.12. The van der Waals surface area contributed by atoms with E-state index in [9.17, 15) is 4.91 Å². The molecule has 1 unspecified atom stereocenters. The van der Waals surface area contributed by atoms with Crippen LogP contribution in [0.25, 0.3) is 0 Å². The van der Waals surface area contributed by atoms with Gasteiger partial charge in [0.1, 0.15) is 0 Å². The molecule has 0 aromatic carbocycles. The number of hydrogen-bond acceptors (Lipinski definition) is 4. The van der Waals surface area contributed by atoms with Gasteiger partial charge in [0.2, 0.25) is 0 Å². The molecule has 0 saturated heterocycles. The Labute approximate surface area is 60.2 Å². The van der Waals surface area contributed by atoms with Crippen molar-refractivity contribution in [1.82, 2.24) is 0 Å². The van der Waals surface area contributed by atoms with Gasteiger partial charge in [0.25, 0.3) is 0 Å². The molecule has 10 heavy (non-hydrogen) atoms.